The maximum absolute atomic E-state index is 12.3. The van der Waals surface area contributed by atoms with Gasteiger partial charge < -0.3 is 15.0 Å². The highest BCUT2D eigenvalue weighted by Crippen LogP contribution is 2.19. The maximum atomic E-state index is 12.3. The highest BCUT2D eigenvalue weighted by atomic mass is 16.5. The van der Waals surface area contributed by atoms with Gasteiger partial charge in [0, 0.05) is 13.2 Å². The van der Waals surface area contributed by atoms with Gasteiger partial charge in [0.05, 0.1) is 6.10 Å². The summed E-state index contributed by atoms with van der Waals surface area (Å²) in [4.78, 5) is 26.0. The zero-order valence-electron chi connectivity index (χ0n) is 11.9. The molecule has 3 unspecified atom stereocenters. The number of amides is 2. The summed E-state index contributed by atoms with van der Waals surface area (Å²) < 4.78 is 5.58. The fourth-order valence-electron chi connectivity index (χ4n) is 2.83. The van der Waals surface area contributed by atoms with Gasteiger partial charge in [0.15, 0.2) is 0 Å². The largest absolute Gasteiger partial charge is 0.378 e. The molecule has 3 atom stereocenters. The molecule has 0 aliphatic carbocycles. The first-order valence-corrected chi connectivity index (χ1v) is 7.36. The van der Waals surface area contributed by atoms with Gasteiger partial charge in [-0.1, -0.05) is 13.3 Å². The molecule has 2 fully saturated rings. The van der Waals surface area contributed by atoms with Crippen molar-refractivity contribution in [3.63, 3.8) is 0 Å². The highest BCUT2D eigenvalue weighted by molar-refractivity contribution is 5.96. The number of hydrogen-bond donors (Lipinski definition) is 1. The first kappa shape index (κ1) is 14.3. The minimum absolute atomic E-state index is 0.0367. The molecule has 2 amide bonds. The summed E-state index contributed by atoms with van der Waals surface area (Å²) in [5.74, 6) is 0.0253. The van der Waals surface area contributed by atoms with Crippen LogP contribution in [0.5, 0.6) is 0 Å². The lowest BCUT2D eigenvalue weighted by Gasteiger charge is -2.37. The number of nitrogens with one attached hydrogen (secondary N) is 1. The molecule has 5 nitrogen and oxygen atoms in total. The Morgan fingerprint density at radius 2 is 2.16 bits per heavy atom. The van der Waals surface area contributed by atoms with E-state index >= 15 is 0 Å². The van der Waals surface area contributed by atoms with E-state index in [-0.39, 0.29) is 30.0 Å². The fourth-order valence-corrected chi connectivity index (χ4v) is 2.83. The Bertz CT molecular complexity index is 340. The number of nitrogens with zero attached hydrogens (tertiary/aromatic N) is 1. The van der Waals surface area contributed by atoms with Gasteiger partial charge in [-0.05, 0) is 32.6 Å². The number of rotatable bonds is 5. The zero-order chi connectivity index (χ0) is 13.8. The molecule has 0 aromatic rings. The molecular weight excluding hydrogens is 244 g/mol. The number of carbonyl (C=O) groups excluding carboxylic acids is 2. The molecule has 0 aromatic heterocycles. The van der Waals surface area contributed by atoms with E-state index in [9.17, 15) is 9.59 Å². The zero-order valence-corrected chi connectivity index (χ0v) is 11.9. The number of carbonyl (C=O) groups is 2. The average Bonchev–Trinajstić information content (AvgIpc) is 2.89. The molecule has 2 rings (SSSR count). The third-order valence-electron chi connectivity index (χ3n) is 4.04. The number of ether oxygens (including phenoxy) is 1. The van der Waals surface area contributed by atoms with Crippen molar-refractivity contribution in [3.8, 4) is 0 Å². The van der Waals surface area contributed by atoms with Crippen LogP contribution in [0.1, 0.15) is 46.0 Å². The topological polar surface area (TPSA) is 58.6 Å². The van der Waals surface area contributed by atoms with E-state index in [4.69, 9.17) is 4.74 Å². The second kappa shape index (κ2) is 6.37. The second-order valence-electron chi connectivity index (χ2n) is 5.48. The Labute approximate surface area is 114 Å². The standard InChI is InChI=1S/C14H24N2O3/c1-3-5-12-14(18)16(10(2)13(17)15-12)8-7-11-6-4-9-19-11/h10-12H,3-9H2,1-2H3,(H,15,17). The normalized spacial score (nSPS) is 31.7. The average molecular weight is 268 g/mol. The fraction of sp³-hybridized carbons (Fsp3) is 0.857. The van der Waals surface area contributed by atoms with Crippen LogP contribution in [0.3, 0.4) is 0 Å². The predicted octanol–water partition coefficient (Wildman–Crippen LogP) is 1.07. The van der Waals surface area contributed by atoms with Crippen molar-refractivity contribution in [1.29, 1.82) is 0 Å². The van der Waals surface area contributed by atoms with E-state index in [1.54, 1.807) is 11.8 Å². The Kier molecular flexibility index (Phi) is 4.80. The van der Waals surface area contributed by atoms with Crippen molar-refractivity contribution >= 4 is 11.8 Å². The summed E-state index contributed by atoms with van der Waals surface area (Å²) in [7, 11) is 0. The molecule has 1 N–H and O–H groups in total. The molecule has 19 heavy (non-hydrogen) atoms. The van der Waals surface area contributed by atoms with E-state index in [1.807, 2.05) is 6.92 Å². The van der Waals surface area contributed by atoms with Gasteiger partial charge in [-0.2, -0.15) is 0 Å². The molecule has 2 aliphatic rings. The summed E-state index contributed by atoms with van der Waals surface area (Å²) in [5.41, 5.74) is 0. The van der Waals surface area contributed by atoms with Crippen LogP contribution >= 0.6 is 0 Å². The van der Waals surface area contributed by atoms with Crippen LogP contribution < -0.4 is 5.32 Å². The Balaban J connectivity index is 1.94. The molecule has 2 aliphatic heterocycles. The van der Waals surface area contributed by atoms with Gasteiger partial charge in [-0.15, -0.1) is 0 Å². The van der Waals surface area contributed by atoms with Crippen molar-refractivity contribution < 1.29 is 14.3 Å². The minimum Gasteiger partial charge on any atom is -0.378 e. The van der Waals surface area contributed by atoms with Crippen LogP contribution in [0.25, 0.3) is 0 Å². The number of hydrogen-bond acceptors (Lipinski definition) is 3. The van der Waals surface area contributed by atoms with Gasteiger partial charge in [-0.3, -0.25) is 9.59 Å². The lowest BCUT2D eigenvalue weighted by atomic mass is 10.0. The van der Waals surface area contributed by atoms with Crippen LogP contribution in [0.4, 0.5) is 0 Å². The van der Waals surface area contributed by atoms with E-state index in [0.29, 0.717) is 13.0 Å². The summed E-state index contributed by atoms with van der Waals surface area (Å²) in [6.07, 6.45) is 4.88. The van der Waals surface area contributed by atoms with Crippen LogP contribution in [-0.2, 0) is 14.3 Å². The maximum Gasteiger partial charge on any atom is 0.245 e. The monoisotopic (exact) mass is 268 g/mol. The van der Waals surface area contributed by atoms with E-state index in [1.165, 1.54) is 0 Å². The molecular formula is C14H24N2O3. The molecule has 108 valence electrons. The van der Waals surface area contributed by atoms with Gasteiger partial charge in [0.25, 0.3) is 0 Å². The predicted molar refractivity (Wildman–Crippen MR) is 71.6 cm³/mol. The molecule has 0 aromatic carbocycles. The van der Waals surface area contributed by atoms with E-state index < -0.39 is 0 Å². The van der Waals surface area contributed by atoms with Crippen molar-refractivity contribution in [1.82, 2.24) is 10.2 Å². The molecule has 5 heteroatoms. The third kappa shape index (κ3) is 3.26. The quantitative estimate of drug-likeness (QED) is 0.811. The summed E-state index contributed by atoms with van der Waals surface area (Å²) >= 11 is 0. The van der Waals surface area contributed by atoms with Crippen molar-refractivity contribution in [3.05, 3.63) is 0 Å². The van der Waals surface area contributed by atoms with Crippen molar-refractivity contribution in [2.24, 2.45) is 0 Å². The number of piperazine rings is 1. The molecule has 2 saturated heterocycles. The molecule has 0 radical (unpaired) electrons. The highest BCUT2D eigenvalue weighted by Gasteiger charge is 2.37. The summed E-state index contributed by atoms with van der Waals surface area (Å²) in [6, 6.07) is -0.694. The molecule has 0 saturated carbocycles. The van der Waals surface area contributed by atoms with Gasteiger partial charge in [0.2, 0.25) is 11.8 Å². The van der Waals surface area contributed by atoms with Crippen LogP contribution in [0.2, 0.25) is 0 Å². The van der Waals surface area contributed by atoms with Gasteiger partial charge in [0.1, 0.15) is 12.1 Å². The van der Waals surface area contributed by atoms with Crippen LogP contribution in [0, 0.1) is 0 Å². The summed E-state index contributed by atoms with van der Waals surface area (Å²) in [5, 5.41) is 2.81. The molecule has 0 spiro atoms. The Hall–Kier alpha value is -1.10. The molecule has 2 heterocycles. The Morgan fingerprint density at radius 1 is 1.37 bits per heavy atom. The summed E-state index contributed by atoms with van der Waals surface area (Å²) in [6.45, 7) is 5.27. The van der Waals surface area contributed by atoms with Crippen molar-refractivity contribution in [2.45, 2.75) is 64.1 Å². The van der Waals surface area contributed by atoms with Crippen LogP contribution in [-0.4, -0.2) is 48.1 Å². The minimum atomic E-state index is -0.359. The lowest BCUT2D eigenvalue weighted by molar-refractivity contribution is -0.149. The SMILES string of the molecule is CCCC1NC(=O)C(C)N(CCC2CCCO2)C1=O. The van der Waals surface area contributed by atoms with Gasteiger partial charge in [-0.25, -0.2) is 0 Å². The first-order chi connectivity index (χ1) is 9.13. The van der Waals surface area contributed by atoms with Crippen LogP contribution in [0.15, 0.2) is 0 Å². The van der Waals surface area contributed by atoms with E-state index in [0.717, 1.165) is 32.3 Å². The molecule has 0 bridgehead atoms. The third-order valence-corrected chi connectivity index (χ3v) is 4.04. The van der Waals surface area contributed by atoms with Crippen molar-refractivity contribution in [2.75, 3.05) is 13.2 Å². The second-order valence-corrected chi connectivity index (χ2v) is 5.48. The lowest BCUT2D eigenvalue weighted by Crippen LogP contribution is -2.62. The van der Waals surface area contributed by atoms with Gasteiger partial charge >= 0.3 is 0 Å². The van der Waals surface area contributed by atoms with E-state index in [2.05, 4.69) is 5.32 Å². The Morgan fingerprint density at radius 3 is 2.79 bits per heavy atom. The smallest absolute Gasteiger partial charge is 0.245 e. The first-order valence-electron chi connectivity index (χ1n) is 7.36.